The molecule has 1 aliphatic rings. The van der Waals surface area contributed by atoms with Gasteiger partial charge in [0.05, 0.1) is 12.1 Å². The summed E-state index contributed by atoms with van der Waals surface area (Å²) in [6.07, 6.45) is 2.94. The fourth-order valence-corrected chi connectivity index (χ4v) is 2.74. The highest BCUT2D eigenvalue weighted by atomic mass is 16.5. The first-order chi connectivity index (χ1) is 11.0. The van der Waals surface area contributed by atoms with Crippen molar-refractivity contribution in [1.29, 1.82) is 0 Å². The van der Waals surface area contributed by atoms with Gasteiger partial charge in [0.15, 0.2) is 0 Å². The van der Waals surface area contributed by atoms with Gasteiger partial charge in [0.2, 0.25) is 0 Å². The van der Waals surface area contributed by atoms with Crippen LogP contribution in [0.25, 0.3) is 16.8 Å². The molecule has 3 rings (SSSR count). The van der Waals surface area contributed by atoms with Crippen LogP contribution in [-0.2, 0) is 4.79 Å². The van der Waals surface area contributed by atoms with E-state index < -0.39 is 5.54 Å². The number of fused-ring (bicyclic) bond motifs is 1. The monoisotopic (exact) mass is 310 g/mol. The number of carbonyl (C=O) groups is 1. The predicted molar refractivity (Wildman–Crippen MR) is 93.1 cm³/mol. The van der Waals surface area contributed by atoms with Crippen LogP contribution in [0.4, 0.5) is 0 Å². The third-order valence-electron chi connectivity index (χ3n) is 4.07. The third kappa shape index (κ3) is 3.08. The lowest BCUT2D eigenvalue weighted by atomic mass is 9.92. The Balaban J connectivity index is 2.08. The SMILES string of the molecule is CCCOc1ccc2cccc(/C=C3\C(=O)NNC3(C)C)c2c1. The summed E-state index contributed by atoms with van der Waals surface area (Å²) in [7, 11) is 0. The Morgan fingerprint density at radius 1 is 1.22 bits per heavy atom. The predicted octanol–water partition coefficient (Wildman–Crippen LogP) is 3.43. The Hall–Kier alpha value is -2.33. The molecule has 4 nitrogen and oxygen atoms in total. The summed E-state index contributed by atoms with van der Waals surface area (Å²) in [4.78, 5) is 12.1. The summed E-state index contributed by atoms with van der Waals surface area (Å²) < 4.78 is 5.74. The van der Waals surface area contributed by atoms with Crippen molar-refractivity contribution in [3.8, 4) is 5.75 Å². The second-order valence-electron chi connectivity index (χ2n) is 6.34. The summed E-state index contributed by atoms with van der Waals surface area (Å²) in [5, 5.41) is 2.22. The van der Waals surface area contributed by atoms with E-state index in [4.69, 9.17) is 4.74 Å². The van der Waals surface area contributed by atoms with E-state index in [9.17, 15) is 4.79 Å². The van der Waals surface area contributed by atoms with Crippen molar-refractivity contribution in [3.05, 3.63) is 47.5 Å². The normalized spacial score (nSPS) is 18.4. The van der Waals surface area contributed by atoms with Crippen LogP contribution in [0.15, 0.2) is 42.0 Å². The largest absolute Gasteiger partial charge is 0.494 e. The van der Waals surface area contributed by atoms with Crippen molar-refractivity contribution in [2.45, 2.75) is 32.7 Å². The van der Waals surface area contributed by atoms with Crippen LogP contribution >= 0.6 is 0 Å². The molecule has 0 bridgehead atoms. The number of hydrogen-bond donors (Lipinski definition) is 2. The van der Waals surface area contributed by atoms with E-state index in [0.717, 1.165) is 34.1 Å². The van der Waals surface area contributed by atoms with Crippen molar-refractivity contribution in [2.75, 3.05) is 6.61 Å². The summed E-state index contributed by atoms with van der Waals surface area (Å²) >= 11 is 0. The lowest BCUT2D eigenvalue weighted by molar-refractivity contribution is -0.116. The Bertz CT molecular complexity index is 778. The van der Waals surface area contributed by atoms with Crippen molar-refractivity contribution >= 4 is 22.8 Å². The Kier molecular flexibility index (Phi) is 4.09. The zero-order valence-corrected chi connectivity index (χ0v) is 13.8. The molecule has 1 aliphatic heterocycles. The summed E-state index contributed by atoms with van der Waals surface area (Å²) in [5.74, 6) is 0.781. The molecule has 1 amide bonds. The molecule has 23 heavy (non-hydrogen) atoms. The summed E-state index contributed by atoms with van der Waals surface area (Å²) in [6.45, 7) is 6.76. The van der Waals surface area contributed by atoms with Gasteiger partial charge in [0.1, 0.15) is 5.75 Å². The highest BCUT2D eigenvalue weighted by Gasteiger charge is 2.34. The summed E-state index contributed by atoms with van der Waals surface area (Å²) in [5.41, 5.74) is 7.05. The van der Waals surface area contributed by atoms with Gasteiger partial charge in [0.25, 0.3) is 5.91 Å². The molecule has 2 N–H and O–H groups in total. The molecule has 0 saturated carbocycles. The van der Waals surface area contributed by atoms with Gasteiger partial charge >= 0.3 is 0 Å². The van der Waals surface area contributed by atoms with Gasteiger partial charge in [-0.2, -0.15) is 0 Å². The average Bonchev–Trinajstić information content (AvgIpc) is 2.80. The van der Waals surface area contributed by atoms with Crippen molar-refractivity contribution in [2.24, 2.45) is 0 Å². The smallest absolute Gasteiger partial charge is 0.263 e. The molecule has 1 saturated heterocycles. The Morgan fingerprint density at radius 2 is 2.04 bits per heavy atom. The molecule has 4 heteroatoms. The van der Waals surface area contributed by atoms with Crippen LogP contribution in [0.2, 0.25) is 0 Å². The zero-order valence-electron chi connectivity index (χ0n) is 13.8. The minimum absolute atomic E-state index is 0.0783. The standard InChI is InChI=1S/C19H22N2O2/c1-4-10-23-15-9-8-13-6-5-7-14(16(13)12-15)11-17-18(22)20-21-19(17,2)3/h5-9,11-12,21H,4,10H2,1-3H3,(H,20,22)/b17-11+. The van der Waals surface area contributed by atoms with Gasteiger partial charge in [-0.25, -0.2) is 5.43 Å². The van der Waals surface area contributed by atoms with E-state index in [1.54, 1.807) is 0 Å². The number of nitrogens with one attached hydrogen (secondary N) is 2. The molecule has 0 unspecified atom stereocenters. The molecule has 2 aromatic rings. The average molecular weight is 310 g/mol. The molecule has 0 aliphatic carbocycles. The first-order valence-corrected chi connectivity index (χ1v) is 7.96. The molecule has 1 heterocycles. The maximum absolute atomic E-state index is 12.1. The molecule has 0 spiro atoms. The molecule has 2 aromatic carbocycles. The van der Waals surface area contributed by atoms with E-state index >= 15 is 0 Å². The topological polar surface area (TPSA) is 50.4 Å². The number of carbonyl (C=O) groups excluding carboxylic acids is 1. The fraction of sp³-hybridized carbons (Fsp3) is 0.316. The maximum Gasteiger partial charge on any atom is 0.263 e. The number of ether oxygens (including phenoxy) is 1. The number of rotatable bonds is 4. The lowest BCUT2D eigenvalue weighted by Gasteiger charge is -2.17. The quantitative estimate of drug-likeness (QED) is 0.851. The van der Waals surface area contributed by atoms with E-state index in [1.165, 1.54) is 0 Å². The minimum Gasteiger partial charge on any atom is -0.494 e. The summed E-state index contributed by atoms with van der Waals surface area (Å²) in [6, 6.07) is 12.2. The van der Waals surface area contributed by atoms with Crippen LogP contribution in [0.3, 0.4) is 0 Å². The van der Waals surface area contributed by atoms with E-state index in [-0.39, 0.29) is 5.91 Å². The fourth-order valence-electron chi connectivity index (χ4n) is 2.74. The number of amides is 1. The van der Waals surface area contributed by atoms with Crippen LogP contribution in [0.1, 0.15) is 32.8 Å². The number of benzene rings is 2. The van der Waals surface area contributed by atoms with Gasteiger partial charge in [-0.05, 0) is 54.8 Å². The molecular weight excluding hydrogens is 288 g/mol. The molecule has 0 aromatic heterocycles. The lowest BCUT2D eigenvalue weighted by Crippen LogP contribution is -2.38. The highest BCUT2D eigenvalue weighted by Crippen LogP contribution is 2.29. The van der Waals surface area contributed by atoms with Crippen molar-refractivity contribution < 1.29 is 9.53 Å². The number of hydrazine groups is 1. The van der Waals surface area contributed by atoms with E-state index in [2.05, 4.69) is 29.9 Å². The van der Waals surface area contributed by atoms with Crippen LogP contribution in [0, 0.1) is 0 Å². The van der Waals surface area contributed by atoms with Crippen molar-refractivity contribution in [3.63, 3.8) is 0 Å². The zero-order chi connectivity index (χ0) is 16.4. The molecular formula is C19H22N2O2. The maximum atomic E-state index is 12.1. The first-order valence-electron chi connectivity index (χ1n) is 7.96. The van der Waals surface area contributed by atoms with Crippen molar-refractivity contribution in [1.82, 2.24) is 10.9 Å². The van der Waals surface area contributed by atoms with Gasteiger partial charge in [-0.15, -0.1) is 0 Å². The van der Waals surface area contributed by atoms with Crippen LogP contribution < -0.4 is 15.6 Å². The second-order valence-corrected chi connectivity index (χ2v) is 6.34. The molecule has 0 radical (unpaired) electrons. The second kappa shape index (κ2) is 6.05. The van der Waals surface area contributed by atoms with Gasteiger partial charge in [-0.1, -0.05) is 31.2 Å². The van der Waals surface area contributed by atoms with Crippen LogP contribution in [0.5, 0.6) is 5.75 Å². The highest BCUT2D eigenvalue weighted by molar-refractivity contribution is 6.04. The first kappa shape index (κ1) is 15.6. The van der Waals surface area contributed by atoms with Gasteiger partial charge in [-0.3, -0.25) is 10.2 Å². The van der Waals surface area contributed by atoms with E-state index in [1.807, 2.05) is 44.2 Å². The molecule has 0 atom stereocenters. The Labute approximate surface area is 136 Å². The minimum atomic E-state index is -0.393. The third-order valence-corrected chi connectivity index (χ3v) is 4.07. The van der Waals surface area contributed by atoms with E-state index in [0.29, 0.717) is 6.61 Å². The number of hydrogen-bond acceptors (Lipinski definition) is 3. The molecule has 1 fully saturated rings. The molecule has 120 valence electrons. The van der Waals surface area contributed by atoms with Crippen LogP contribution in [-0.4, -0.2) is 18.1 Å². The Morgan fingerprint density at radius 3 is 2.74 bits per heavy atom. The van der Waals surface area contributed by atoms with Gasteiger partial charge < -0.3 is 4.74 Å². The van der Waals surface area contributed by atoms with Gasteiger partial charge in [0, 0.05) is 5.57 Å².